The van der Waals surface area contributed by atoms with E-state index in [0.29, 0.717) is 13.0 Å². The van der Waals surface area contributed by atoms with Gasteiger partial charge in [-0.05, 0) is 12.0 Å². The van der Waals surface area contributed by atoms with Gasteiger partial charge in [0.15, 0.2) is 0 Å². The number of carbonyl (C=O) groups is 1. The number of hydrogen-bond acceptors (Lipinski definition) is 3. The standard InChI is InChI=1S/C14H20N2O2/c1-13(2)9-14(15-18,10-16(3)12(13)17)11-7-5-4-6-8-11/h4-8,15,18H,9-10H2,1-3H3. The summed E-state index contributed by atoms with van der Waals surface area (Å²) >= 11 is 0. The molecule has 1 aliphatic rings. The molecule has 98 valence electrons. The third kappa shape index (κ3) is 2.02. The lowest BCUT2D eigenvalue weighted by atomic mass is 9.71. The molecule has 0 spiro atoms. The molecule has 1 atom stereocenters. The average Bonchev–Trinajstić information content (AvgIpc) is 2.36. The summed E-state index contributed by atoms with van der Waals surface area (Å²) < 4.78 is 0. The summed E-state index contributed by atoms with van der Waals surface area (Å²) in [5, 5.41) is 9.64. The molecule has 4 nitrogen and oxygen atoms in total. The average molecular weight is 248 g/mol. The molecule has 0 aromatic heterocycles. The third-order valence-corrected chi connectivity index (χ3v) is 3.72. The number of rotatable bonds is 2. The normalized spacial score (nSPS) is 27.3. The van der Waals surface area contributed by atoms with Gasteiger partial charge in [-0.25, -0.2) is 0 Å². The van der Waals surface area contributed by atoms with Crippen molar-refractivity contribution in [3.8, 4) is 0 Å². The molecule has 4 heteroatoms. The maximum atomic E-state index is 12.1. The van der Waals surface area contributed by atoms with Gasteiger partial charge >= 0.3 is 0 Å². The van der Waals surface area contributed by atoms with Crippen molar-refractivity contribution in [1.82, 2.24) is 10.4 Å². The van der Waals surface area contributed by atoms with Crippen molar-refractivity contribution in [3.63, 3.8) is 0 Å². The predicted molar refractivity (Wildman–Crippen MR) is 69.1 cm³/mol. The first-order valence-corrected chi connectivity index (χ1v) is 6.14. The van der Waals surface area contributed by atoms with Gasteiger partial charge in [-0.3, -0.25) is 4.79 Å². The Morgan fingerprint density at radius 3 is 2.39 bits per heavy atom. The number of piperidine rings is 1. The van der Waals surface area contributed by atoms with E-state index in [1.54, 1.807) is 11.9 Å². The quantitative estimate of drug-likeness (QED) is 0.784. The van der Waals surface area contributed by atoms with E-state index < -0.39 is 11.0 Å². The van der Waals surface area contributed by atoms with Crippen LogP contribution in [0.2, 0.25) is 0 Å². The smallest absolute Gasteiger partial charge is 0.228 e. The zero-order valence-electron chi connectivity index (χ0n) is 11.1. The van der Waals surface area contributed by atoms with Crippen molar-refractivity contribution < 1.29 is 10.0 Å². The molecule has 0 saturated carbocycles. The maximum absolute atomic E-state index is 12.1. The van der Waals surface area contributed by atoms with Gasteiger partial charge in [0.1, 0.15) is 0 Å². The summed E-state index contributed by atoms with van der Waals surface area (Å²) in [4.78, 5) is 13.8. The van der Waals surface area contributed by atoms with E-state index in [-0.39, 0.29) is 5.91 Å². The summed E-state index contributed by atoms with van der Waals surface area (Å²) in [6.45, 7) is 4.30. The number of carbonyl (C=O) groups excluding carboxylic acids is 1. The molecule has 0 radical (unpaired) electrons. The van der Waals surface area contributed by atoms with Crippen LogP contribution >= 0.6 is 0 Å². The van der Waals surface area contributed by atoms with Crippen molar-refractivity contribution >= 4 is 5.91 Å². The van der Waals surface area contributed by atoms with Crippen molar-refractivity contribution in [2.24, 2.45) is 5.41 Å². The van der Waals surface area contributed by atoms with Crippen LogP contribution in [0.15, 0.2) is 30.3 Å². The minimum absolute atomic E-state index is 0.115. The second-order valence-electron chi connectivity index (χ2n) is 5.78. The summed E-state index contributed by atoms with van der Waals surface area (Å²) in [6, 6.07) is 9.78. The number of hydrogen-bond donors (Lipinski definition) is 2. The van der Waals surface area contributed by atoms with Crippen LogP contribution in [0, 0.1) is 5.41 Å². The van der Waals surface area contributed by atoms with Gasteiger partial charge in [0.05, 0.1) is 5.54 Å². The van der Waals surface area contributed by atoms with E-state index in [4.69, 9.17) is 0 Å². The Morgan fingerprint density at radius 2 is 1.89 bits per heavy atom. The highest BCUT2D eigenvalue weighted by Gasteiger charge is 2.48. The molecule has 1 aromatic rings. The molecule has 0 bridgehead atoms. The number of nitrogens with one attached hydrogen (secondary N) is 1. The number of likely N-dealkylation sites (tertiary alicyclic amines) is 1. The molecule has 1 unspecified atom stereocenters. The fourth-order valence-corrected chi connectivity index (χ4v) is 2.97. The van der Waals surface area contributed by atoms with Crippen LogP contribution in [0.25, 0.3) is 0 Å². The molecular weight excluding hydrogens is 228 g/mol. The van der Waals surface area contributed by atoms with Crippen LogP contribution in [-0.2, 0) is 10.3 Å². The Kier molecular flexibility index (Phi) is 3.17. The Hall–Kier alpha value is -1.39. The highest BCUT2D eigenvalue weighted by atomic mass is 16.5. The Morgan fingerprint density at radius 1 is 1.28 bits per heavy atom. The number of hydroxylamine groups is 1. The lowest BCUT2D eigenvalue weighted by Gasteiger charge is -2.47. The van der Waals surface area contributed by atoms with Crippen LogP contribution in [0.5, 0.6) is 0 Å². The lowest BCUT2D eigenvalue weighted by Crippen LogP contribution is -2.60. The number of likely N-dealkylation sites (N-methyl/N-ethyl adjacent to an activating group) is 1. The van der Waals surface area contributed by atoms with Gasteiger partial charge in [0.25, 0.3) is 0 Å². The molecule has 0 aliphatic carbocycles. The van der Waals surface area contributed by atoms with Crippen molar-refractivity contribution in [3.05, 3.63) is 35.9 Å². The molecule has 1 saturated heterocycles. The molecule has 2 N–H and O–H groups in total. The Balaban J connectivity index is 2.43. The summed E-state index contributed by atoms with van der Waals surface area (Å²) in [6.07, 6.45) is 0.573. The molecule has 18 heavy (non-hydrogen) atoms. The maximum Gasteiger partial charge on any atom is 0.228 e. The second-order valence-corrected chi connectivity index (χ2v) is 5.78. The molecule has 1 aliphatic heterocycles. The zero-order valence-corrected chi connectivity index (χ0v) is 11.1. The summed E-state index contributed by atoms with van der Waals surface area (Å²) in [7, 11) is 1.78. The number of amides is 1. The van der Waals surface area contributed by atoms with Crippen LogP contribution in [-0.4, -0.2) is 29.6 Å². The number of benzene rings is 1. The van der Waals surface area contributed by atoms with E-state index in [0.717, 1.165) is 5.56 Å². The Labute approximate surface area is 108 Å². The highest BCUT2D eigenvalue weighted by Crippen LogP contribution is 2.40. The van der Waals surface area contributed by atoms with E-state index >= 15 is 0 Å². The monoisotopic (exact) mass is 248 g/mol. The first-order valence-electron chi connectivity index (χ1n) is 6.14. The van der Waals surface area contributed by atoms with E-state index in [1.165, 1.54) is 0 Å². The van der Waals surface area contributed by atoms with E-state index in [9.17, 15) is 10.0 Å². The fourth-order valence-electron chi connectivity index (χ4n) is 2.97. The third-order valence-electron chi connectivity index (χ3n) is 3.72. The predicted octanol–water partition coefficient (Wildman–Crippen LogP) is 1.75. The van der Waals surface area contributed by atoms with Crippen molar-refractivity contribution in [2.45, 2.75) is 25.8 Å². The minimum Gasteiger partial charge on any atom is -0.343 e. The first kappa shape index (κ1) is 13.1. The van der Waals surface area contributed by atoms with Crippen LogP contribution in [0.4, 0.5) is 0 Å². The van der Waals surface area contributed by atoms with Gasteiger partial charge in [0.2, 0.25) is 5.91 Å². The molecule has 1 aromatic carbocycles. The first-order chi connectivity index (χ1) is 8.41. The molecule has 1 fully saturated rings. The highest BCUT2D eigenvalue weighted by molar-refractivity contribution is 5.83. The van der Waals surface area contributed by atoms with Crippen molar-refractivity contribution in [2.75, 3.05) is 13.6 Å². The van der Waals surface area contributed by atoms with Gasteiger partial charge in [-0.15, -0.1) is 0 Å². The summed E-state index contributed by atoms with van der Waals surface area (Å²) in [5.41, 5.74) is 2.37. The molecular formula is C14H20N2O2. The SMILES string of the molecule is CN1CC(NO)(c2ccccc2)CC(C)(C)C1=O. The Bertz CT molecular complexity index is 444. The van der Waals surface area contributed by atoms with Crippen LogP contribution < -0.4 is 5.48 Å². The molecule has 1 heterocycles. The van der Waals surface area contributed by atoms with E-state index in [1.807, 2.05) is 44.2 Å². The van der Waals surface area contributed by atoms with E-state index in [2.05, 4.69) is 5.48 Å². The van der Waals surface area contributed by atoms with Crippen LogP contribution in [0.3, 0.4) is 0 Å². The zero-order chi connectivity index (χ0) is 13.4. The van der Waals surface area contributed by atoms with Crippen LogP contribution in [0.1, 0.15) is 25.8 Å². The van der Waals surface area contributed by atoms with Crippen molar-refractivity contribution in [1.29, 1.82) is 0 Å². The number of nitrogens with zero attached hydrogens (tertiary/aromatic N) is 1. The lowest BCUT2D eigenvalue weighted by molar-refractivity contribution is -0.150. The van der Waals surface area contributed by atoms with Gasteiger partial charge in [-0.2, -0.15) is 5.48 Å². The molecule has 2 rings (SSSR count). The molecule has 1 amide bonds. The largest absolute Gasteiger partial charge is 0.343 e. The van der Waals surface area contributed by atoms with Gasteiger partial charge in [0, 0.05) is 19.0 Å². The van der Waals surface area contributed by atoms with Gasteiger partial charge < -0.3 is 10.1 Å². The van der Waals surface area contributed by atoms with Gasteiger partial charge in [-0.1, -0.05) is 44.2 Å². The fraction of sp³-hybridized carbons (Fsp3) is 0.500. The summed E-state index contributed by atoms with van der Waals surface area (Å²) in [5.74, 6) is 0.115. The minimum atomic E-state index is -0.590. The second kappa shape index (κ2) is 4.37. The topological polar surface area (TPSA) is 52.6 Å².